The molecule has 0 unspecified atom stereocenters. The van der Waals surface area contributed by atoms with Crippen LogP contribution in [0, 0.1) is 0 Å². The van der Waals surface area contributed by atoms with Crippen LogP contribution in [0.5, 0.6) is 0 Å². The van der Waals surface area contributed by atoms with Crippen molar-refractivity contribution in [2.75, 3.05) is 19.6 Å². The summed E-state index contributed by atoms with van der Waals surface area (Å²) in [6.07, 6.45) is 0. The third-order valence-electron chi connectivity index (χ3n) is 4.02. The summed E-state index contributed by atoms with van der Waals surface area (Å²) < 4.78 is 5.26. The molecule has 1 aliphatic heterocycles. The summed E-state index contributed by atoms with van der Waals surface area (Å²) in [6.45, 7) is 6.27. The van der Waals surface area contributed by atoms with Gasteiger partial charge in [0.05, 0.1) is 11.7 Å². The molecule has 1 atom stereocenters. The standard InChI is InChI=1S/C17H21N3O2/c1-12(2)14-10-16(22-19-14)17(21)20-9-8-18-11-15(20)13-6-4-3-5-7-13/h3-7,10,12,15,18H,8-9,11H2,1-2H3/t15-/m1/s1. The smallest absolute Gasteiger partial charge is 0.293 e. The van der Waals surface area contributed by atoms with Crippen LogP contribution in [0.25, 0.3) is 0 Å². The van der Waals surface area contributed by atoms with Gasteiger partial charge in [0.15, 0.2) is 0 Å². The topological polar surface area (TPSA) is 58.4 Å². The average molecular weight is 299 g/mol. The fourth-order valence-corrected chi connectivity index (χ4v) is 2.72. The minimum atomic E-state index is -0.0882. The highest BCUT2D eigenvalue weighted by Crippen LogP contribution is 2.25. The molecule has 0 spiro atoms. The van der Waals surface area contributed by atoms with Gasteiger partial charge in [-0.3, -0.25) is 4.79 Å². The normalized spacial score (nSPS) is 18.7. The number of rotatable bonds is 3. The first-order valence-electron chi connectivity index (χ1n) is 7.70. The summed E-state index contributed by atoms with van der Waals surface area (Å²) in [5.74, 6) is 0.486. The summed E-state index contributed by atoms with van der Waals surface area (Å²) in [5, 5.41) is 7.34. The van der Waals surface area contributed by atoms with Crippen LogP contribution in [-0.2, 0) is 0 Å². The first-order chi connectivity index (χ1) is 10.7. The van der Waals surface area contributed by atoms with Crippen molar-refractivity contribution in [3.05, 3.63) is 53.4 Å². The van der Waals surface area contributed by atoms with Gasteiger partial charge < -0.3 is 14.7 Å². The molecule has 0 bridgehead atoms. The van der Waals surface area contributed by atoms with Crippen molar-refractivity contribution in [3.8, 4) is 0 Å². The Hall–Kier alpha value is -2.14. The molecule has 1 aliphatic rings. The van der Waals surface area contributed by atoms with Gasteiger partial charge in [0.25, 0.3) is 5.91 Å². The summed E-state index contributed by atoms with van der Waals surface area (Å²) in [6, 6.07) is 11.9. The number of nitrogens with zero attached hydrogens (tertiary/aromatic N) is 2. The van der Waals surface area contributed by atoms with Gasteiger partial charge in [0.2, 0.25) is 5.76 Å². The Balaban J connectivity index is 1.85. The monoisotopic (exact) mass is 299 g/mol. The van der Waals surface area contributed by atoms with E-state index < -0.39 is 0 Å². The molecular formula is C17H21N3O2. The third kappa shape index (κ3) is 2.90. The zero-order valence-corrected chi connectivity index (χ0v) is 13.0. The van der Waals surface area contributed by atoms with Crippen molar-refractivity contribution < 1.29 is 9.32 Å². The van der Waals surface area contributed by atoms with Crippen molar-refractivity contribution in [1.29, 1.82) is 0 Å². The molecule has 1 N–H and O–H groups in total. The average Bonchev–Trinajstić information content (AvgIpc) is 3.05. The zero-order valence-electron chi connectivity index (χ0n) is 13.0. The van der Waals surface area contributed by atoms with Gasteiger partial charge in [0, 0.05) is 25.7 Å². The minimum Gasteiger partial charge on any atom is -0.351 e. The molecule has 5 nitrogen and oxygen atoms in total. The minimum absolute atomic E-state index is 0.0232. The molecule has 2 aromatic rings. The molecule has 0 saturated carbocycles. The predicted molar refractivity (Wildman–Crippen MR) is 83.7 cm³/mol. The second kappa shape index (κ2) is 6.32. The van der Waals surface area contributed by atoms with E-state index in [0.717, 1.165) is 24.3 Å². The molecule has 22 heavy (non-hydrogen) atoms. The quantitative estimate of drug-likeness (QED) is 0.946. The number of hydrogen-bond donors (Lipinski definition) is 1. The van der Waals surface area contributed by atoms with Crippen LogP contribution in [0.15, 0.2) is 40.9 Å². The molecule has 1 aromatic carbocycles. The van der Waals surface area contributed by atoms with Gasteiger partial charge in [-0.15, -0.1) is 0 Å². The van der Waals surface area contributed by atoms with Crippen LogP contribution in [0.3, 0.4) is 0 Å². The van der Waals surface area contributed by atoms with E-state index in [4.69, 9.17) is 4.52 Å². The van der Waals surface area contributed by atoms with Crippen LogP contribution in [0.4, 0.5) is 0 Å². The van der Waals surface area contributed by atoms with Crippen LogP contribution >= 0.6 is 0 Å². The largest absolute Gasteiger partial charge is 0.351 e. The number of carbonyl (C=O) groups is 1. The lowest BCUT2D eigenvalue weighted by Crippen LogP contribution is -2.48. The van der Waals surface area contributed by atoms with E-state index >= 15 is 0 Å². The van der Waals surface area contributed by atoms with E-state index in [2.05, 4.69) is 22.6 Å². The van der Waals surface area contributed by atoms with Crippen LogP contribution in [0.2, 0.25) is 0 Å². The number of nitrogens with one attached hydrogen (secondary N) is 1. The number of aromatic nitrogens is 1. The van der Waals surface area contributed by atoms with Crippen molar-refractivity contribution in [2.24, 2.45) is 0 Å². The lowest BCUT2D eigenvalue weighted by atomic mass is 10.0. The first kappa shape index (κ1) is 14.8. The molecular weight excluding hydrogens is 278 g/mol. The Morgan fingerprint density at radius 1 is 1.36 bits per heavy atom. The second-order valence-corrected chi connectivity index (χ2v) is 5.90. The zero-order chi connectivity index (χ0) is 15.5. The molecule has 1 saturated heterocycles. The fraction of sp³-hybridized carbons (Fsp3) is 0.412. The van der Waals surface area contributed by atoms with Gasteiger partial charge in [-0.2, -0.15) is 0 Å². The first-order valence-corrected chi connectivity index (χ1v) is 7.70. The molecule has 0 radical (unpaired) electrons. The van der Waals surface area contributed by atoms with Crippen LogP contribution in [0.1, 0.15) is 47.6 Å². The number of benzene rings is 1. The van der Waals surface area contributed by atoms with E-state index in [1.165, 1.54) is 0 Å². The number of carbonyl (C=O) groups excluding carboxylic acids is 1. The molecule has 1 fully saturated rings. The van der Waals surface area contributed by atoms with Crippen LogP contribution in [-0.4, -0.2) is 35.6 Å². The number of amides is 1. The Kier molecular flexibility index (Phi) is 4.24. The summed E-state index contributed by atoms with van der Waals surface area (Å²) in [4.78, 5) is 14.7. The summed E-state index contributed by atoms with van der Waals surface area (Å²) >= 11 is 0. The van der Waals surface area contributed by atoms with E-state index in [9.17, 15) is 4.79 Å². The van der Waals surface area contributed by atoms with Crippen molar-refractivity contribution >= 4 is 5.91 Å². The highest BCUT2D eigenvalue weighted by Gasteiger charge is 2.30. The number of piperazine rings is 1. The fourth-order valence-electron chi connectivity index (χ4n) is 2.72. The van der Waals surface area contributed by atoms with Gasteiger partial charge in [-0.1, -0.05) is 49.3 Å². The van der Waals surface area contributed by atoms with Gasteiger partial charge in [-0.25, -0.2) is 0 Å². The van der Waals surface area contributed by atoms with Crippen molar-refractivity contribution in [1.82, 2.24) is 15.4 Å². The molecule has 0 aliphatic carbocycles. The SMILES string of the molecule is CC(C)c1cc(C(=O)N2CCNC[C@@H]2c2ccccc2)on1. The predicted octanol–water partition coefficient (Wildman–Crippen LogP) is 2.58. The van der Waals surface area contributed by atoms with E-state index in [0.29, 0.717) is 12.3 Å². The van der Waals surface area contributed by atoms with Gasteiger partial charge in [-0.05, 0) is 11.5 Å². The summed E-state index contributed by atoms with van der Waals surface area (Å²) in [5.41, 5.74) is 1.95. The van der Waals surface area contributed by atoms with Crippen molar-refractivity contribution in [2.45, 2.75) is 25.8 Å². The van der Waals surface area contributed by atoms with E-state index in [1.807, 2.05) is 36.9 Å². The molecule has 116 valence electrons. The van der Waals surface area contributed by atoms with Crippen LogP contribution < -0.4 is 5.32 Å². The highest BCUT2D eigenvalue weighted by atomic mass is 16.5. The second-order valence-electron chi connectivity index (χ2n) is 5.90. The number of hydrogen-bond acceptors (Lipinski definition) is 4. The summed E-state index contributed by atoms with van der Waals surface area (Å²) in [7, 11) is 0. The van der Waals surface area contributed by atoms with Gasteiger partial charge >= 0.3 is 0 Å². The molecule has 3 rings (SSSR count). The maximum absolute atomic E-state index is 12.8. The van der Waals surface area contributed by atoms with Crippen molar-refractivity contribution in [3.63, 3.8) is 0 Å². The Bertz CT molecular complexity index is 636. The molecule has 1 amide bonds. The Morgan fingerprint density at radius 3 is 2.82 bits per heavy atom. The molecule has 2 heterocycles. The Morgan fingerprint density at radius 2 is 2.14 bits per heavy atom. The highest BCUT2D eigenvalue weighted by molar-refractivity contribution is 5.92. The van der Waals surface area contributed by atoms with E-state index in [1.54, 1.807) is 6.07 Å². The molecule has 1 aromatic heterocycles. The van der Waals surface area contributed by atoms with E-state index in [-0.39, 0.29) is 17.9 Å². The molecule has 5 heteroatoms. The maximum Gasteiger partial charge on any atom is 0.293 e. The maximum atomic E-state index is 12.8. The lowest BCUT2D eigenvalue weighted by Gasteiger charge is -2.35. The lowest BCUT2D eigenvalue weighted by molar-refractivity contribution is 0.0592. The Labute approximate surface area is 130 Å². The van der Waals surface area contributed by atoms with Gasteiger partial charge in [0.1, 0.15) is 0 Å². The third-order valence-corrected chi connectivity index (χ3v) is 4.02.